The minimum absolute atomic E-state index is 0.127. The summed E-state index contributed by atoms with van der Waals surface area (Å²) in [4.78, 5) is 21.1. The molecule has 0 aliphatic rings. The molecule has 0 bridgehead atoms. The van der Waals surface area contributed by atoms with Crippen LogP contribution in [-0.4, -0.2) is 35.9 Å². The number of anilines is 1. The molecule has 4 aromatic rings. The molecule has 1 atom stereocenters. The molecule has 0 saturated heterocycles. The minimum Gasteiger partial charge on any atom is -0.305 e. The number of nitrogens with one attached hydrogen (secondary N) is 1. The van der Waals surface area contributed by atoms with E-state index < -0.39 is 0 Å². The molecule has 9 heteroatoms. The van der Waals surface area contributed by atoms with Crippen LogP contribution in [0.4, 0.5) is 5.13 Å². The van der Waals surface area contributed by atoms with Gasteiger partial charge in [-0.3, -0.25) is 9.78 Å². The van der Waals surface area contributed by atoms with Gasteiger partial charge in [-0.2, -0.15) is 0 Å². The molecule has 0 fully saturated rings. The van der Waals surface area contributed by atoms with E-state index >= 15 is 0 Å². The number of aromatic nitrogens is 5. The standard InChI is InChI=1S/C20H18N6OS2/c1-13(29-20-25-24-17(26(20)2)15-8-10-21-11-9-15)18(27)23-19-22-16(12-28-19)14-6-4-3-5-7-14/h3-13H,1-2H3,(H,22,23,27)/t13-/m1/s1. The summed E-state index contributed by atoms with van der Waals surface area (Å²) in [6, 6.07) is 13.6. The summed E-state index contributed by atoms with van der Waals surface area (Å²) in [6.45, 7) is 1.84. The first-order valence-electron chi connectivity index (χ1n) is 8.90. The third kappa shape index (κ3) is 4.36. The number of thiazole rings is 1. The molecule has 3 heterocycles. The van der Waals surface area contributed by atoms with Crippen LogP contribution < -0.4 is 5.32 Å². The second-order valence-electron chi connectivity index (χ2n) is 6.25. The van der Waals surface area contributed by atoms with Gasteiger partial charge in [0.15, 0.2) is 16.1 Å². The zero-order valence-electron chi connectivity index (χ0n) is 15.8. The van der Waals surface area contributed by atoms with Crippen molar-refractivity contribution in [3.8, 4) is 22.6 Å². The van der Waals surface area contributed by atoms with E-state index in [2.05, 4.69) is 25.5 Å². The van der Waals surface area contributed by atoms with Crippen LogP contribution in [0.5, 0.6) is 0 Å². The maximum Gasteiger partial charge on any atom is 0.239 e. The lowest BCUT2D eigenvalue weighted by atomic mass is 10.2. The van der Waals surface area contributed by atoms with Gasteiger partial charge < -0.3 is 9.88 Å². The maximum absolute atomic E-state index is 12.6. The topological polar surface area (TPSA) is 85.6 Å². The van der Waals surface area contributed by atoms with E-state index in [0.717, 1.165) is 22.6 Å². The fourth-order valence-electron chi connectivity index (χ4n) is 2.66. The number of carbonyl (C=O) groups is 1. The summed E-state index contributed by atoms with van der Waals surface area (Å²) in [5.74, 6) is 0.604. The normalized spacial score (nSPS) is 11.9. The SMILES string of the molecule is C[C@@H](Sc1nnc(-c2ccncc2)n1C)C(=O)Nc1nc(-c2ccccc2)cs1. The lowest BCUT2D eigenvalue weighted by Gasteiger charge is -2.10. The molecule has 4 rings (SSSR count). The van der Waals surface area contributed by atoms with Crippen LogP contribution in [0, 0.1) is 0 Å². The van der Waals surface area contributed by atoms with E-state index in [0.29, 0.717) is 10.3 Å². The second-order valence-corrected chi connectivity index (χ2v) is 8.42. The molecule has 1 amide bonds. The average molecular weight is 423 g/mol. The van der Waals surface area contributed by atoms with Crippen molar-refractivity contribution in [3.63, 3.8) is 0 Å². The summed E-state index contributed by atoms with van der Waals surface area (Å²) in [5, 5.41) is 14.2. The van der Waals surface area contributed by atoms with Gasteiger partial charge in [0.1, 0.15) is 0 Å². The van der Waals surface area contributed by atoms with Crippen LogP contribution in [-0.2, 0) is 11.8 Å². The summed E-state index contributed by atoms with van der Waals surface area (Å²) in [7, 11) is 1.88. The number of hydrogen-bond acceptors (Lipinski definition) is 7. The Balaban J connectivity index is 1.42. The summed E-state index contributed by atoms with van der Waals surface area (Å²) < 4.78 is 1.88. The van der Waals surface area contributed by atoms with E-state index in [-0.39, 0.29) is 11.2 Å². The molecule has 0 spiro atoms. The molecule has 0 aliphatic heterocycles. The highest BCUT2D eigenvalue weighted by atomic mass is 32.2. The van der Waals surface area contributed by atoms with Crippen LogP contribution in [0.3, 0.4) is 0 Å². The summed E-state index contributed by atoms with van der Waals surface area (Å²) >= 11 is 2.76. The number of amides is 1. The van der Waals surface area contributed by atoms with Gasteiger partial charge in [0.05, 0.1) is 10.9 Å². The van der Waals surface area contributed by atoms with Gasteiger partial charge in [-0.05, 0) is 19.1 Å². The number of pyridine rings is 1. The molecule has 0 aliphatic carbocycles. The predicted molar refractivity (Wildman–Crippen MR) is 116 cm³/mol. The van der Waals surface area contributed by atoms with Crippen molar-refractivity contribution in [1.82, 2.24) is 24.7 Å². The van der Waals surface area contributed by atoms with Crippen molar-refractivity contribution in [3.05, 3.63) is 60.2 Å². The third-order valence-corrected chi connectivity index (χ3v) is 6.12. The Morgan fingerprint density at radius 1 is 1.10 bits per heavy atom. The highest BCUT2D eigenvalue weighted by Crippen LogP contribution is 2.28. The fourth-order valence-corrected chi connectivity index (χ4v) is 4.20. The van der Waals surface area contributed by atoms with Gasteiger partial charge >= 0.3 is 0 Å². The first-order chi connectivity index (χ1) is 14.1. The molecular weight excluding hydrogens is 404 g/mol. The summed E-state index contributed by atoms with van der Waals surface area (Å²) in [5.41, 5.74) is 2.80. The second kappa shape index (κ2) is 8.54. The van der Waals surface area contributed by atoms with E-state index in [4.69, 9.17) is 0 Å². The van der Waals surface area contributed by atoms with Gasteiger partial charge in [-0.25, -0.2) is 4.98 Å². The Kier molecular flexibility index (Phi) is 5.68. The lowest BCUT2D eigenvalue weighted by Crippen LogP contribution is -2.22. The van der Waals surface area contributed by atoms with E-state index in [1.54, 1.807) is 12.4 Å². The van der Waals surface area contributed by atoms with Crippen LogP contribution in [0.2, 0.25) is 0 Å². The minimum atomic E-state index is -0.354. The van der Waals surface area contributed by atoms with Crippen molar-refractivity contribution in [2.24, 2.45) is 7.05 Å². The zero-order chi connectivity index (χ0) is 20.2. The first-order valence-corrected chi connectivity index (χ1v) is 10.7. The number of benzene rings is 1. The predicted octanol–water partition coefficient (Wildman–Crippen LogP) is 4.12. The Hall–Kier alpha value is -3.04. The zero-order valence-corrected chi connectivity index (χ0v) is 17.4. The Morgan fingerprint density at radius 3 is 2.62 bits per heavy atom. The number of hydrogen-bond donors (Lipinski definition) is 1. The molecule has 1 N–H and O–H groups in total. The van der Waals surface area contributed by atoms with E-state index in [1.807, 2.05) is 66.4 Å². The number of thioether (sulfide) groups is 1. The van der Waals surface area contributed by atoms with Crippen molar-refractivity contribution < 1.29 is 4.79 Å². The fraction of sp³-hybridized carbons (Fsp3) is 0.150. The number of nitrogens with zero attached hydrogens (tertiary/aromatic N) is 5. The Morgan fingerprint density at radius 2 is 1.86 bits per heavy atom. The molecule has 7 nitrogen and oxygen atoms in total. The van der Waals surface area contributed by atoms with Crippen molar-refractivity contribution in [1.29, 1.82) is 0 Å². The van der Waals surface area contributed by atoms with Crippen molar-refractivity contribution >= 4 is 34.1 Å². The number of carbonyl (C=O) groups excluding carboxylic acids is 1. The molecular formula is C20H18N6OS2. The third-order valence-electron chi connectivity index (χ3n) is 4.23. The van der Waals surface area contributed by atoms with Crippen LogP contribution in [0.1, 0.15) is 6.92 Å². The molecule has 146 valence electrons. The Labute approximate surface area is 176 Å². The molecule has 0 saturated carbocycles. The van der Waals surface area contributed by atoms with Crippen LogP contribution >= 0.6 is 23.1 Å². The van der Waals surface area contributed by atoms with Gasteiger partial charge in [0.2, 0.25) is 5.91 Å². The molecule has 1 aromatic carbocycles. The van der Waals surface area contributed by atoms with Crippen molar-refractivity contribution in [2.75, 3.05) is 5.32 Å². The molecule has 0 radical (unpaired) electrons. The van der Waals surface area contributed by atoms with Crippen LogP contribution in [0.15, 0.2) is 65.4 Å². The highest BCUT2D eigenvalue weighted by molar-refractivity contribution is 8.00. The smallest absolute Gasteiger partial charge is 0.239 e. The first kappa shape index (κ1) is 19.3. The monoisotopic (exact) mass is 422 g/mol. The van der Waals surface area contributed by atoms with Crippen molar-refractivity contribution in [2.45, 2.75) is 17.3 Å². The molecule has 3 aromatic heterocycles. The maximum atomic E-state index is 12.6. The average Bonchev–Trinajstić information content (AvgIpc) is 3.36. The van der Waals surface area contributed by atoms with Gasteiger partial charge in [0.25, 0.3) is 0 Å². The van der Waals surface area contributed by atoms with Gasteiger partial charge in [0, 0.05) is 35.9 Å². The van der Waals surface area contributed by atoms with Crippen LogP contribution in [0.25, 0.3) is 22.6 Å². The highest BCUT2D eigenvalue weighted by Gasteiger charge is 2.20. The van der Waals surface area contributed by atoms with E-state index in [9.17, 15) is 4.79 Å². The number of rotatable bonds is 6. The molecule has 29 heavy (non-hydrogen) atoms. The molecule has 0 unspecified atom stereocenters. The van der Waals surface area contributed by atoms with E-state index in [1.165, 1.54) is 23.1 Å². The summed E-state index contributed by atoms with van der Waals surface area (Å²) in [6.07, 6.45) is 3.43. The quantitative estimate of drug-likeness (QED) is 0.471. The lowest BCUT2D eigenvalue weighted by molar-refractivity contribution is -0.115. The Bertz CT molecular complexity index is 1110. The van der Waals surface area contributed by atoms with Gasteiger partial charge in [-0.15, -0.1) is 21.5 Å². The largest absolute Gasteiger partial charge is 0.305 e. The van der Waals surface area contributed by atoms with Gasteiger partial charge in [-0.1, -0.05) is 42.1 Å².